The van der Waals surface area contributed by atoms with Gasteiger partial charge in [-0.2, -0.15) is 0 Å². The Morgan fingerprint density at radius 2 is 1.92 bits per heavy atom. The average Bonchev–Trinajstić information content (AvgIpc) is 3.44. The number of rotatable bonds is 6. The Kier molecular flexibility index (Phi) is 7.09. The molecule has 39 heavy (non-hydrogen) atoms. The van der Waals surface area contributed by atoms with E-state index in [1.807, 2.05) is 0 Å². The van der Waals surface area contributed by atoms with Crippen molar-refractivity contribution in [3.63, 3.8) is 0 Å². The smallest absolute Gasteiger partial charge is 0.317 e. The number of nitro groups is 1. The first kappa shape index (κ1) is 26.4. The van der Waals surface area contributed by atoms with Crippen LogP contribution in [-0.4, -0.2) is 29.2 Å². The minimum atomic E-state index is -1.23. The van der Waals surface area contributed by atoms with Crippen molar-refractivity contribution in [1.29, 1.82) is 0 Å². The van der Waals surface area contributed by atoms with Crippen molar-refractivity contribution >= 4 is 40.4 Å². The Morgan fingerprint density at radius 1 is 1.13 bits per heavy atom. The Morgan fingerprint density at radius 3 is 2.59 bits per heavy atom. The van der Waals surface area contributed by atoms with Gasteiger partial charge in [0.05, 0.1) is 17.2 Å². The zero-order chi connectivity index (χ0) is 27.8. The maximum atomic E-state index is 15.0. The monoisotopic (exact) mass is 552 g/mol. The van der Waals surface area contributed by atoms with E-state index in [1.165, 1.54) is 29.5 Å². The second-order valence-electron chi connectivity index (χ2n) is 9.21. The van der Waals surface area contributed by atoms with Gasteiger partial charge in [-0.15, -0.1) is 11.3 Å². The van der Waals surface area contributed by atoms with Gasteiger partial charge in [0.1, 0.15) is 17.6 Å². The van der Waals surface area contributed by atoms with E-state index in [0.717, 1.165) is 17.0 Å². The minimum absolute atomic E-state index is 0.0129. The number of benzene rings is 2. The summed E-state index contributed by atoms with van der Waals surface area (Å²) in [5.41, 5.74) is 0.159. The average molecular weight is 553 g/mol. The summed E-state index contributed by atoms with van der Waals surface area (Å²) < 4.78 is 34.0. The maximum absolute atomic E-state index is 15.0. The van der Waals surface area contributed by atoms with Crippen molar-refractivity contribution < 1.29 is 32.8 Å². The quantitative estimate of drug-likeness (QED) is 0.169. The third-order valence-electron chi connectivity index (χ3n) is 7.00. The van der Waals surface area contributed by atoms with Crippen LogP contribution in [-0.2, 0) is 19.1 Å². The third kappa shape index (κ3) is 4.74. The first-order valence-electron chi connectivity index (χ1n) is 12.2. The first-order chi connectivity index (χ1) is 18.7. The molecule has 0 saturated carbocycles. The van der Waals surface area contributed by atoms with Gasteiger partial charge in [-0.05, 0) is 42.5 Å². The van der Waals surface area contributed by atoms with Gasteiger partial charge in [0.2, 0.25) is 5.91 Å². The van der Waals surface area contributed by atoms with Crippen molar-refractivity contribution in [2.24, 2.45) is 5.92 Å². The fourth-order valence-electron chi connectivity index (χ4n) is 5.38. The molecule has 3 aromatic rings. The molecule has 0 spiro atoms. The molecule has 8 nitrogen and oxygen atoms in total. The van der Waals surface area contributed by atoms with Gasteiger partial charge in [-0.3, -0.25) is 29.4 Å². The molecule has 1 amide bonds. The highest BCUT2D eigenvalue weighted by molar-refractivity contribution is 7.10. The molecule has 1 aliphatic carbocycles. The van der Waals surface area contributed by atoms with Crippen molar-refractivity contribution in [2.45, 2.75) is 31.6 Å². The summed E-state index contributed by atoms with van der Waals surface area (Å²) in [7, 11) is 0. The molecule has 0 bridgehead atoms. The largest absolute Gasteiger partial charge is 0.465 e. The summed E-state index contributed by atoms with van der Waals surface area (Å²) >= 11 is 1.33. The van der Waals surface area contributed by atoms with Crippen molar-refractivity contribution in [3.05, 3.63) is 103 Å². The standard InChI is InChI=1S/C28H22F2N2O6S/c1-2-38-28(35)26-19(23-7-4-10-39-23)13-22-25(27(26)34)18(15-5-3-6-17(11-15)32(36)37)14-24(33)31(22)21-9-8-16(29)12-20(21)30/h3-12,18-19,26H,2,13-14H2,1H3/t18-,19-,26+/m1/s1. The first-order valence-corrected chi connectivity index (χ1v) is 13.1. The molecule has 2 aromatic carbocycles. The number of ketones is 1. The molecule has 0 N–H and O–H groups in total. The minimum Gasteiger partial charge on any atom is -0.465 e. The normalized spacial score (nSPS) is 21.1. The van der Waals surface area contributed by atoms with Crippen LogP contribution in [0.3, 0.4) is 0 Å². The third-order valence-corrected chi connectivity index (χ3v) is 8.01. The van der Waals surface area contributed by atoms with E-state index in [-0.39, 0.29) is 42.1 Å². The molecular weight excluding hydrogens is 530 g/mol. The predicted molar refractivity (Wildman–Crippen MR) is 138 cm³/mol. The van der Waals surface area contributed by atoms with Crippen molar-refractivity contribution in [3.8, 4) is 0 Å². The van der Waals surface area contributed by atoms with Gasteiger partial charge in [0.15, 0.2) is 5.78 Å². The SMILES string of the molecule is CCOC(=O)[C@@H]1C(=O)C2=C(C[C@@H]1c1cccs1)N(c1ccc(F)cc1F)C(=O)C[C@@H]2c1cccc([N+](=O)[O-])c1. The van der Waals surface area contributed by atoms with Gasteiger partial charge in [-0.25, -0.2) is 8.78 Å². The van der Waals surface area contributed by atoms with Gasteiger partial charge in [0, 0.05) is 52.6 Å². The number of ether oxygens (including phenoxy) is 1. The summed E-state index contributed by atoms with van der Waals surface area (Å²) in [4.78, 5) is 53.6. The van der Waals surface area contributed by atoms with Crippen LogP contribution in [0.2, 0.25) is 0 Å². The number of carbonyl (C=O) groups is 3. The molecule has 200 valence electrons. The Hall–Kier alpha value is -4.25. The molecule has 0 radical (unpaired) electrons. The van der Waals surface area contributed by atoms with Crippen LogP contribution in [0.5, 0.6) is 0 Å². The molecule has 2 aliphatic rings. The molecule has 3 atom stereocenters. The van der Waals surface area contributed by atoms with Crippen LogP contribution in [0.25, 0.3) is 0 Å². The number of hydrogen-bond acceptors (Lipinski definition) is 7. The summed E-state index contributed by atoms with van der Waals surface area (Å²) in [5.74, 6) is -6.54. The van der Waals surface area contributed by atoms with E-state index in [9.17, 15) is 28.9 Å². The molecular formula is C28H22F2N2O6S. The Bertz CT molecular complexity index is 1520. The second kappa shape index (κ2) is 10.5. The number of Topliss-reactive ketones (excluding diaryl/α,β-unsaturated/α-hetero) is 1. The summed E-state index contributed by atoms with van der Waals surface area (Å²) in [6.45, 7) is 1.67. The molecule has 1 aromatic heterocycles. The maximum Gasteiger partial charge on any atom is 0.317 e. The molecule has 11 heteroatoms. The van der Waals surface area contributed by atoms with Crippen molar-refractivity contribution in [2.75, 3.05) is 11.5 Å². The molecule has 0 unspecified atom stereocenters. The van der Waals surface area contributed by atoms with Crippen LogP contribution in [0.4, 0.5) is 20.2 Å². The van der Waals surface area contributed by atoms with Gasteiger partial charge >= 0.3 is 5.97 Å². The van der Waals surface area contributed by atoms with Gasteiger partial charge in [0.25, 0.3) is 5.69 Å². The summed E-state index contributed by atoms with van der Waals surface area (Å²) in [5, 5.41) is 13.2. The number of hydrogen-bond donors (Lipinski definition) is 0. The van der Waals surface area contributed by atoms with E-state index in [0.29, 0.717) is 16.5 Å². The highest BCUT2D eigenvalue weighted by Crippen LogP contribution is 2.50. The second-order valence-corrected chi connectivity index (χ2v) is 10.2. The number of nitro benzene ring substituents is 1. The van der Waals surface area contributed by atoms with E-state index < -0.39 is 52.0 Å². The number of nitrogens with zero attached hydrogens (tertiary/aromatic N) is 2. The number of carbonyl (C=O) groups excluding carboxylic acids is 3. The molecule has 0 saturated heterocycles. The van der Waals surface area contributed by atoms with Crippen LogP contribution in [0.1, 0.15) is 42.0 Å². The molecule has 0 fully saturated rings. The fraction of sp³-hybridized carbons (Fsp3) is 0.250. The van der Waals surface area contributed by atoms with Crippen molar-refractivity contribution in [1.82, 2.24) is 0 Å². The van der Waals surface area contributed by atoms with Crippen LogP contribution < -0.4 is 4.90 Å². The lowest BCUT2D eigenvalue weighted by Crippen LogP contribution is -2.46. The lowest BCUT2D eigenvalue weighted by atomic mass is 9.69. The van der Waals surface area contributed by atoms with E-state index in [1.54, 1.807) is 30.5 Å². The van der Waals surface area contributed by atoms with E-state index in [2.05, 4.69) is 0 Å². The van der Waals surface area contributed by atoms with E-state index >= 15 is 4.39 Å². The molecule has 2 heterocycles. The van der Waals surface area contributed by atoms with Gasteiger partial charge < -0.3 is 4.74 Å². The molecule has 5 rings (SSSR count). The van der Waals surface area contributed by atoms with Crippen LogP contribution in [0.15, 0.2) is 71.2 Å². The highest BCUT2D eigenvalue weighted by atomic mass is 32.1. The zero-order valence-corrected chi connectivity index (χ0v) is 21.5. The lowest BCUT2D eigenvalue weighted by molar-refractivity contribution is -0.384. The zero-order valence-electron chi connectivity index (χ0n) is 20.6. The fourth-order valence-corrected chi connectivity index (χ4v) is 6.25. The number of amides is 1. The number of non-ortho nitro benzene ring substituents is 1. The topological polar surface area (TPSA) is 107 Å². The summed E-state index contributed by atoms with van der Waals surface area (Å²) in [6, 6.07) is 11.9. The Labute approximate surface area is 225 Å². The highest BCUT2D eigenvalue weighted by Gasteiger charge is 2.50. The lowest BCUT2D eigenvalue weighted by Gasteiger charge is -2.42. The van der Waals surface area contributed by atoms with Gasteiger partial charge in [-0.1, -0.05) is 18.2 Å². The number of thiophene rings is 1. The number of allylic oxidation sites excluding steroid dienone is 2. The number of halogens is 2. The van der Waals surface area contributed by atoms with Crippen LogP contribution >= 0.6 is 11.3 Å². The molecule has 1 aliphatic heterocycles. The predicted octanol–water partition coefficient (Wildman–Crippen LogP) is 5.65. The number of anilines is 1. The summed E-state index contributed by atoms with van der Waals surface area (Å²) in [6.07, 6.45) is -0.305. The Balaban J connectivity index is 1.74. The van der Waals surface area contributed by atoms with E-state index in [4.69, 9.17) is 4.74 Å². The number of esters is 1. The van der Waals surface area contributed by atoms with Crippen LogP contribution in [0, 0.1) is 27.7 Å².